The molecule has 3 rings (SSSR count). The Morgan fingerprint density at radius 3 is 2.71 bits per heavy atom. The van der Waals surface area contributed by atoms with E-state index in [2.05, 4.69) is 14.9 Å². The Balaban J connectivity index is 1.82. The topological polar surface area (TPSA) is 63.5 Å². The second-order valence-corrected chi connectivity index (χ2v) is 5.44. The maximum absolute atomic E-state index is 5.49. The van der Waals surface area contributed by atoms with Crippen molar-refractivity contribution in [2.75, 3.05) is 14.2 Å². The van der Waals surface area contributed by atoms with Crippen molar-refractivity contribution in [1.82, 2.24) is 14.9 Å². The number of aromatic amines is 1. The zero-order chi connectivity index (χ0) is 16.8. The molecule has 6 nitrogen and oxygen atoms in total. The minimum absolute atomic E-state index is 0.675. The highest BCUT2D eigenvalue weighted by atomic mass is 16.5. The van der Waals surface area contributed by atoms with Crippen molar-refractivity contribution < 1.29 is 13.9 Å². The fourth-order valence-electron chi connectivity index (χ4n) is 2.63. The van der Waals surface area contributed by atoms with E-state index in [0.29, 0.717) is 19.6 Å². The van der Waals surface area contributed by atoms with E-state index in [0.717, 1.165) is 28.6 Å². The van der Waals surface area contributed by atoms with E-state index >= 15 is 0 Å². The summed E-state index contributed by atoms with van der Waals surface area (Å²) in [7, 11) is 3.34. The predicted molar refractivity (Wildman–Crippen MR) is 89.8 cm³/mol. The molecule has 3 aromatic rings. The van der Waals surface area contributed by atoms with Gasteiger partial charge in [0, 0.05) is 24.5 Å². The molecule has 24 heavy (non-hydrogen) atoms. The Morgan fingerprint density at radius 1 is 1.12 bits per heavy atom. The lowest BCUT2D eigenvalue weighted by atomic mass is 10.1. The van der Waals surface area contributed by atoms with Gasteiger partial charge in [-0.25, -0.2) is 4.98 Å². The maximum atomic E-state index is 5.49. The summed E-state index contributed by atoms with van der Waals surface area (Å²) in [4.78, 5) is 9.70. The molecule has 126 valence electrons. The van der Waals surface area contributed by atoms with E-state index in [1.54, 1.807) is 26.7 Å². The SMILES string of the molecule is COc1ccc(OC)c(CN(Cc2ncc[nH]2)Cc2ccco2)c1. The molecule has 0 aliphatic rings. The molecule has 0 saturated heterocycles. The number of furan rings is 1. The molecule has 6 heteroatoms. The van der Waals surface area contributed by atoms with E-state index in [1.165, 1.54) is 0 Å². The number of rotatable bonds is 8. The van der Waals surface area contributed by atoms with Crippen LogP contribution >= 0.6 is 0 Å². The number of nitrogens with one attached hydrogen (secondary N) is 1. The first kappa shape index (κ1) is 16.1. The summed E-state index contributed by atoms with van der Waals surface area (Å²) in [6.07, 6.45) is 5.27. The summed E-state index contributed by atoms with van der Waals surface area (Å²) in [5.41, 5.74) is 1.05. The number of hydrogen-bond donors (Lipinski definition) is 1. The van der Waals surface area contributed by atoms with Gasteiger partial charge in [-0.05, 0) is 30.3 Å². The van der Waals surface area contributed by atoms with Gasteiger partial charge >= 0.3 is 0 Å². The normalized spacial score (nSPS) is 11.0. The number of methoxy groups -OCH3 is 2. The van der Waals surface area contributed by atoms with Gasteiger partial charge in [0.2, 0.25) is 0 Å². The molecule has 2 heterocycles. The van der Waals surface area contributed by atoms with Gasteiger partial charge in [0.15, 0.2) is 0 Å². The van der Waals surface area contributed by atoms with Gasteiger partial charge in [0.05, 0.1) is 33.6 Å². The molecule has 2 aromatic heterocycles. The summed E-state index contributed by atoms with van der Waals surface area (Å²) in [5, 5.41) is 0. The smallest absolute Gasteiger partial charge is 0.123 e. The fourth-order valence-corrected chi connectivity index (χ4v) is 2.63. The average molecular weight is 327 g/mol. The minimum Gasteiger partial charge on any atom is -0.497 e. The Morgan fingerprint density at radius 2 is 2.04 bits per heavy atom. The number of aromatic nitrogens is 2. The molecule has 1 N–H and O–H groups in total. The van der Waals surface area contributed by atoms with Gasteiger partial charge in [-0.15, -0.1) is 0 Å². The fraction of sp³-hybridized carbons (Fsp3) is 0.278. The Hall–Kier alpha value is -2.73. The average Bonchev–Trinajstić information content (AvgIpc) is 3.28. The molecule has 0 aliphatic carbocycles. The highest BCUT2D eigenvalue weighted by Crippen LogP contribution is 2.26. The van der Waals surface area contributed by atoms with Gasteiger partial charge < -0.3 is 18.9 Å². The van der Waals surface area contributed by atoms with Crippen LogP contribution in [0, 0.1) is 0 Å². The van der Waals surface area contributed by atoms with Crippen LogP contribution in [0.1, 0.15) is 17.1 Å². The van der Waals surface area contributed by atoms with Crippen molar-refractivity contribution in [3.8, 4) is 11.5 Å². The lowest BCUT2D eigenvalue weighted by Gasteiger charge is -2.22. The second-order valence-electron chi connectivity index (χ2n) is 5.44. The van der Waals surface area contributed by atoms with Crippen molar-refractivity contribution in [3.05, 3.63) is 66.1 Å². The number of H-pyrrole nitrogens is 1. The lowest BCUT2D eigenvalue weighted by Crippen LogP contribution is -2.23. The molecule has 0 unspecified atom stereocenters. The van der Waals surface area contributed by atoms with Crippen LogP contribution in [0.25, 0.3) is 0 Å². The molecule has 0 bridgehead atoms. The van der Waals surface area contributed by atoms with Gasteiger partial charge in [-0.3, -0.25) is 4.90 Å². The van der Waals surface area contributed by atoms with Crippen molar-refractivity contribution >= 4 is 0 Å². The van der Waals surface area contributed by atoms with Gasteiger partial charge in [0.1, 0.15) is 23.1 Å². The van der Waals surface area contributed by atoms with Gasteiger partial charge in [-0.2, -0.15) is 0 Å². The summed E-state index contributed by atoms with van der Waals surface area (Å²) >= 11 is 0. The highest BCUT2D eigenvalue weighted by molar-refractivity contribution is 5.40. The van der Waals surface area contributed by atoms with Crippen LogP contribution in [-0.2, 0) is 19.6 Å². The predicted octanol–water partition coefficient (Wildman–Crippen LogP) is 3.22. The highest BCUT2D eigenvalue weighted by Gasteiger charge is 2.14. The Bertz CT molecular complexity index is 703. The van der Waals surface area contributed by atoms with Gasteiger partial charge in [0.25, 0.3) is 0 Å². The third kappa shape index (κ3) is 3.97. The molecule has 0 saturated carbocycles. The number of nitrogens with zero attached hydrogens (tertiary/aromatic N) is 2. The largest absolute Gasteiger partial charge is 0.497 e. The summed E-state index contributed by atoms with van der Waals surface area (Å²) in [6, 6.07) is 9.68. The summed E-state index contributed by atoms with van der Waals surface area (Å²) in [6.45, 7) is 2.03. The molecule has 0 atom stereocenters. The lowest BCUT2D eigenvalue weighted by molar-refractivity contribution is 0.218. The van der Waals surface area contributed by atoms with Crippen LogP contribution in [0.4, 0.5) is 0 Å². The van der Waals surface area contributed by atoms with Crippen LogP contribution < -0.4 is 9.47 Å². The quantitative estimate of drug-likeness (QED) is 0.688. The van der Waals surface area contributed by atoms with Crippen molar-refractivity contribution in [1.29, 1.82) is 0 Å². The van der Waals surface area contributed by atoms with Crippen LogP contribution in [0.15, 0.2) is 53.4 Å². The van der Waals surface area contributed by atoms with Gasteiger partial charge in [-0.1, -0.05) is 0 Å². The zero-order valence-electron chi connectivity index (χ0n) is 13.9. The zero-order valence-corrected chi connectivity index (χ0v) is 13.9. The monoisotopic (exact) mass is 327 g/mol. The van der Waals surface area contributed by atoms with E-state index in [4.69, 9.17) is 13.9 Å². The van der Waals surface area contributed by atoms with E-state index in [-0.39, 0.29) is 0 Å². The minimum atomic E-state index is 0.675. The molecule has 0 radical (unpaired) electrons. The second kappa shape index (κ2) is 7.70. The molecular weight excluding hydrogens is 306 g/mol. The Labute approximate surface area is 141 Å². The first-order valence-corrected chi connectivity index (χ1v) is 7.72. The third-order valence-electron chi connectivity index (χ3n) is 3.77. The number of ether oxygens (including phenoxy) is 2. The first-order valence-electron chi connectivity index (χ1n) is 7.72. The van der Waals surface area contributed by atoms with E-state index < -0.39 is 0 Å². The van der Waals surface area contributed by atoms with Crippen molar-refractivity contribution in [2.24, 2.45) is 0 Å². The van der Waals surface area contributed by atoms with Crippen molar-refractivity contribution in [3.63, 3.8) is 0 Å². The first-order chi connectivity index (χ1) is 11.8. The summed E-state index contributed by atoms with van der Waals surface area (Å²) in [5.74, 6) is 3.45. The Kier molecular flexibility index (Phi) is 5.18. The molecular formula is C18H21N3O3. The number of hydrogen-bond acceptors (Lipinski definition) is 5. The van der Waals surface area contributed by atoms with Crippen LogP contribution in [-0.4, -0.2) is 29.1 Å². The van der Waals surface area contributed by atoms with Crippen LogP contribution in [0.2, 0.25) is 0 Å². The third-order valence-corrected chi connectivity index (χ3v) is 3.77. The maximum Gasteiger partial charge on any atom is 0.123 e. The van der Waals surface area contributed by atoms with E-state index in [9.17, 15) is 0 Å². The summed E-state index contributed by atoms with van der Waals surface area (Å²) < 4.78 is 16.3. The van der Waals surface area contributed by atoms with E-state index in [1.807, 2.05) is 36.5 Å². The number of imidazole rings is 1. The molecule has 0 fully saturated rings. The molecule has 0 amide bonds. The van der Waals surface area contributed by atoms with Crippen LogP contribution in [0.5, 0.6) is 11.5 Å². The molecule has 0 spiro atoms. The molecule has 0 aliphatic heterocycles. The standard InChI is InChI=1S/C18H21N3O3/c1-22-15-5-6-17(23-2)14(10-15)11-21(12-16-4-3-9-24-16)13-18-19-7-8-20-18/h3-10H,11-13H2,1-2H3,(H,19,20). The molecule has 1 aromatic carbocycles. The van der Waals surface area contributed by atoms with Crippen molar-refractivity contribution in [2.45, 2.75) is 19.6 Å². The number of benzene rings is 1. The van der Waals surface area contributed by atoms with Crippen LogP contribution in [0.3, 0.4) is 0 Å².